The Kier molecular flexibility index (Phi) is 3.72. The molecule has 0 saturated heterocycles. The van der Waals surface area contributed by atoms with Crippen LogP contribution in [0.4, 0.5) is 4.39 Å². The van der Waals surface area contributed by atoms with Gasteiger partial charge in [-0.1, -0.05) is 22.9 Å². The van der Waals surface area contributed by atoms with E-state index >= 15 is 0 Å². The SMILES string of the molecule is COc1ccc(Br)cc1[C](C)CF. The largest absolute Gasteiger partial charge is 0.496 e. The molecular formula is C10H11BrFO. The molecule has 1 aromatic carbocycles. The Labute approximate surface area is 86.0 Å². The van der Waals surface area contributed by atoms with Gasteiger partial charge in [0.1, 0.15) is 5.75 Å². The van der Waals surface area contributed by atoms with E-state index in [1.807, 2.05) is 18.2 Å². The van der Waals surface area contributed by atoms with Gasteiger partial charge in [0.2, 0.25) is 0 Å². The topological polar surface area (TPSA) is 9.23 Å². The first-order valence-electron chi connectivity index (χ1n) is 3.91. The monoisotopic (exact) mass is 245 g/mol. The van der Waals surface area contributed by atoms with Crippen LogP contribution in [0.2, 0.25) is 0 Å². The maximum atomic E-state index is 12.4. The minimum absolute atomic E-state index is 0.452. The second-order valence-electron chi connectivity index (χ2n) is 2.76. The van der Waals surface area contributed by atoms with Crippen LogP contribution in [0.15, 0.2) is 22.7 Å². The van der Waals surface area contributed by atoms with Gasteiger partial charge in [-0.05, 0) is 18.2 Å². The van der Waals surface area contributed by atoms with Gasteiger partial charge in [0, 0.05) is 16.0 Å². The van der Waals surface area contributed by atoms with Crippen LogP contribution in [0.25, 0.3) is 0 Å². The number of ether oxygens (including phenoxy) is 1. The van der Waals surface area contributed by atoms with Gasteiger partial charge in [-0.15, -0.1) is 0 Å². The van der Waals surface area contributed by atoms with E-state index < -0.39 is 6.67 Å². The summed E-state index contributed by atoms with van der Waals surface area (Å²) in [6.07, 6.45) is 0. The summed E-state index contributed by atoms with van der Waals surface area (Å²) < 4.78 is 18.5. The molecule has 0 aliphatic carbocycles. The zero-order valence-electron chi connectivity index (χ0n) is 7.60. The van der Waals surface area contributed by atoms with E-state index in [0.717, 1.165) is 10.0 Å². The van der Waals surface area contributed by atoms with Crippen LogP contribution in [0, 0.1) is 5.92 Å². The van der Waals surface area contributed by atoms with Gasteiger partial charge in [0.15, 0.2) is 0 Å². The maximum Gasteiger partial charge on any atom is 0.122 e. The van der Waals surface area contributed by atoms with E-state index in [0.29, 0.717) is 11.7 Å². The zero-order chi connectivity index (χ0) is 9.84. The Morgan fingerprint density at radius 1 is 1.54 bits per heavy atom. The normalized spacial score (nSPS) is 10.5. The molecule has 0 saturated carbocycles. The van der Waals surface area contributed by atoms with E-state index in [1.165, 1.54) is 0 Å². The smallest absolute Gasteiger partial charge is 0.122 e. The molecule has 13 heavy (non-hydrogen) atoms. The van der Waals surface area contributed by atoms with Crippen molar-refractivity contribution in [2.24, 2.45) is 0 Å². The molecule has 0 aliphatic rings. The van der Waals surface area contributed by atoms with Gasteiger partial charge in [-0.3, -0.25) is 4.39 Å². The Hall–Kier alpha value is -0.570. The molecule has 1 radical (unpaired) electrons. The van der Waals surface area contributed by atoms with E-state index in [-0.39, 0.29) is 0 Å². The first kappa shape index (κ1) is 10.5. The molecule has 0 unspecified atom stereocenters. The number of hydrogen-bond donors (Lipinski definition) is 0. The predicted octanol–water partition coefficient (Wildman–Crippen LogP) is 3.37. The number of alkyl halides is 1. The zero-order valence-corrected chi connectivity index (χ0v) is 9.19. The van der Waals surface area contributed by atoms with Gasteiger partial charge >= 0.3 is 0 Å². The highest BCUT2D eigenvalue weighted by Crippen LogP contribution is 2.29. The summed E-state index contributed by atoms with van der Waals surface area (Å²) in [5.74, 6) is 1.39. The molecule has 1 rings (SSSR count). The highest BCUT2D eigenvalue weighted by molar-refractivity contribution is 9.10. The highest BCUT2D eigenvalue weighted by Gasteiger charge is 2.11. The Bertz CT molecular complexity index is 288. The van der Waals surface area contributed by atoms with Crippen LogP contribution in [0.3, 0.4) is 0 Å². The van der Waals surface area contributed by atoms with Crippen molar-refractivity contribution in [1.29, 1.82) is 0 Å². The minimum atomic E-state index is -0.452. The van der Waals surface area contributed by atoms with E-state index in [9.17, 15) is 4.39 Å². The van der Waals surface area contributed by atoms with E-state index in [1.54, 1.807) is 14.0 Å². The number of hydrogen-bond acceptors (Lipinski definition) is 1. The maximum absolute atomic E-state index is 12.4. The van der Waals surface area contributed by atoms with Crippen molar-refractivity contribution in [3.63, 3.8) is 0 Å². The first-order valence-corrected chi connectivity index (χ1v) is 4.70. The molecular weight excluding hydrogens is 235 g/mol. The van der Waals surface area contributed by atoms with Crippen LogP contribution in [0.5, 0.6) is 5.75 Å². The summed E-state index contributed by atoms with van der Waals surface area (Å²) in [7, 11) is 1.58. The van der Waals surface area contributed by atoms with Gasteiger partial charge in [0.25, 0.3) is 0 Å². The fourth-order valence-electron chi connectivity index (χ4n) is 1.09. The van der Waals surface area contributed by atoms with Crippen LogP contribution in [-0.4, -0.2) is 13.8 Å². The Morgan fingerprint density at radius 3 is 2.77 bits per heavy atom. The molecule has 0 aromatic heterocycles. The van der Waals surface area contributed by atoms with Crippen molar-refractivity contribution in [2.45, 2.75) is 6.92 Å². The molecule has 1 aromatic rings. The molecule has 0 bridgehead atoms. The van der Waals surface area contributed by atoms with Crippen molar-refractivity contribution >= 4 is 15.9 Å². The minimum Gasteiger partial charge on any atom is -0.496 e. The number of halogens is 2. The third-order valence-corrected chi connectivity index (χ3v) is 2.32. The second kappa shape index (κ2) is 4.61. The fourth-order valence-corrected chi connectivity index (χ4v) is 1.45. The number of rotatable bonds is 3. The molecule has 0 spiro atoms. The van der Waals surface area contributed by atoms with Crippen molar-refractivity contribution in [3.05, 3.63) is 34.2 Å². The second-order valence-corrected chi connectivity index (χ2v) is 3.67. The van der Waals surface area contributed by atoms with Crippen LogP contribution in [0.1, 0.15) is 12.5 Å². The standard InChI is InChI=1S/C10H11BrFO/c1-7(6-12)9-5-8(11)3-4-10(9)13-2/h3-5H,6H2,1-2H3. The predicted molar refractivity (Wildman–Crippen MR) is 54.7 cm³/mol. The summed E-state index contributed by atoms with van der Waals surface area (Å²) in [5.41, 5.74) is 0.819. The molecule has 0 atom stereocenters. The third-order valence-electron chi connectivity index (χ3n) is 1.82. The highest BCUT2D eigenvalue weighted by atomic mass is 79.9. The van der Waals surface area contributed by atoms with E-state index in [4.69, 9.17) is 4.74 Å². The lowest BCUT2D eigenvalue weighted by atomic mass is 10.0. The Balaban J connectivity index is 3.07. The molecule has 0 fully saturated rings. The molecule has 0 N–H and O–H groups in total. The summed E-state index contributed by atoms with van der Waals surface area (Å²) >= 11 is 3.33. The molecule has 0 aliphatic heterocycles. The molecule has 1 nitrogen and oxygen atoms in total. The molecule has 3 heteroatoms. The number of benzene rings is 1. The van der Waals surface area contributed by atoms with Gasteiger partial charge in [0.05, 0.1) is 13.8 Å². The third kappa shape index (κ3) is 2.44. The van der Waals surface area contributed by atoms with Crippen LogP contribution in [-0.2, 0) is 0 Å². The van der Waals surface area contributed by atoms with Crippen molar-refractivity contribution in [3.8, 4) is 5.75 Å². The average Bonchev–Trinajstić information content (AvgIpc) is 2.16. The summed E-state index contributed by atoms with van der Waals surface area (Å²) in [5, 5.41) is 0. The quantitative estimate of drug-likeness (QED) is 0.794. The van der Waals surface area contributed by atoms with Gasteiger partial charge in [-0.2, -0.15) is 0 Å². The van der Waals surface area contributed by atoms with Gasteiger partial charge < -0.3 is 4.74 Å². The van der Waals surface area contributed by atoms with Crippen LogP contribution < -0.4 is 4.74 Å². The first-order chi connectivity index (χ1) is 6.19. The lowest BCUT2D eigenvalue weighted by Gasteiger charge is -2.12. The van der Waals surface area contributed by atoms with Crippen molar-refractivity contribution < 1.29 is 9.13 Å². The van der Waals surface area contributed by atoms with Crippen LogP contribution >= 0.6 is 15.9 Å². The summed E-state index contributed by atoms with van der Waals surface area (Å²) in [4.78, 5) is 0. The van der Waals surface area contributed by atoms with E-state index in [2.05, 4.69) is 15.9 Å². The van der Waals surface area contributed by atoms with Gasteiger partial charge in [-0.25, -0.2) is 0 Å². The summed E-state index contributed by atoms with van der Waals surface area (Å²) in [6, 6.07) is 5.54. The molecule has 71 valence electrons. The van der Waals surface area contributed by atoms with Crippen molar-refractivity contribution in [1.82, 2.24) is 0 Å². The average molecular weight is 246 g/mol. The lowest BCUT2D eigenvalue weighted by Crippen LogP contribution is -2.00. The number of methoxy groups -OCH3 is 1. The molecule has 0 amide bonds. The summed E-state index contributed by atoms with van der Waals surface area (Å²) in [6.45, 7) is 1.30. The fraction of sp³-hybridized carbons (Fsp3) is 0.300. The Morgan fingerprint density at radius 2 is 2.23 bits per heavy atom. The lowest BCUT2D eigenvalue weighted by molar-refractivity contribution is 0.408. The molecule has 0 heterocycles. The van der Waals surface area contributed by atoms with Crippen molar-refractivity contribution in [2.75, 3.05) is 13.8 Å².